The van der Waals surface area contributed by atoms with Crippen LogP contribution >= 0.6 is 0 Å². The van der Waals surface area contributed by atoms with Gasteiger partial charge in [-0.1, -0.05) is 33.1 Å². The van der Waals surface area contributed by atoms with Gasteiger partial charge in [0.25, 0.3) is 0 Å². The molecule has 0 radical (unpaired) electrons. The maximum Gasteiger partial charge on any atom is 0.321 e. The van der Waals surface area contributed by atoms with Crippen molar-refractivity contribution in [2.45, 2.75) is 46.0 Å². The molecule has 0 atom stereocenters. The molecule has 1 aliphatic rings. The summed E-state index contributed by atoms with van der Waals surface area (Å²) in [6.45, 7) is 6.87. The molecular formula is C14H27N3O2. The van der Waals surface area contributed by atoms with Crippen molar-refractivity contribution in [1.29, 1.82) is 0 Å². The average Bonchev–Trinajstić information content (AvgIpc) is 2.30. The van der Waals surface area contributed by atoms with Crippen molar-refractivity contribution < 1.29 is 9.59 Å². The molecule has 0 spiro atoms. The van der Waals surface area contributed by atoms with E-state index in [4.69, 9.17) is 0 Å². The monoisotopic (exact) mass is 269 g/mol. The SMILES string of the molecule is CC(C)CNC(=O)NC(=O)CN1CCCCCCC1. The molecule has 1 saturated heterocycles. The van der Waals surface area contributed by atoms with Crippen LogP contribution in [0.15, 0.2) is 0 Å². The summed E-state index contributed by atoms with van der Waals surface area (Å²) >= 11 is 0. The van der Waals surface area contributed by atoms with Crippen molar-refractivity contribution >= 4 is 11.9 Å². The molecule has 19 heavy (non-hydrogen) atoms. The first-order valence-corrected chi connectivity index (χ1v) is 7.38. The topological polar surface area (TPSA) is 61.4 Å². The first-order chi connectivity index (χ1) is 9.08. The standard InChI is InChI=1S/C14H27N3O2/c1-12(2)10-15-14(19)16-13(18)11-17-8-6-4-3-5-7-9-17/h12H,3-11H2,1-2H3,(H2,15,16,18,19). The Bertz CT molecular complexity index is 284. The number of amides is 3. The largest absolute Gasteiger partial charge is 0.338 e. The van der Waals surface area contributed by atoms with Gasteiger partial charge in [0.05, 0.1) is 6.54 Å². The maximum atomic E-state index is 11.8. The first kappa shape index (κ1) is 16.0. The molecule has 0 aliphatic carbocycles. The van der Waals surface area contributed by atoms with Gasteiger partial charge in [-0.15, -0.1) is 0 Å². The van der Waals surface area contributed by atoms with Gasteiger partial charge in [0.2, 0.25) is 5.91 Å². The lowest BCUT2D eigenvalue weighted by Gasteiger charge is -2.23. The molecule has 1 heterocycles. The van der Waals surface area contributed by atoms with E-state index in [9.17, 15) is 9.59 Å². The van der Waals surface area contributed by atoms with Crippen LogP contribution in [0, 0.1) is 5.92 Å². The van der Waals surface area contributed by atoms with E-state index in [0.717, 1.165) is 25.9 Å². The third-order valence-electron chi connectivity index (χ3n) is 3.24. The van der Waals surface area contributed by atoms with Gasteiger partial charge in [0, 0.05) is 6.54 Å². The van der Waals surface area contributed by atoms with Gasteiger partial charge in [-0.2, -0.15) is 0 Å². The number of carbonyl (C=O) groups excluding carboxylic acids is 2. The molecule has 0 bridgehead atoms. The number of nitrogens with zero attached hydrogens (tertiary/aromatic N) is 1. The minimum absolute atomic E-state index is 0.207. The van der Waals surface area contributed by atoms with Crippen LogP contribution in [0.3, 0.4) is 0 Å². The number of likely N-dealkylation sites (tertiary alicyclic amines) is 1. The van der Waals surface area contributed by atoms with Gasteiger partial charge in [-0.05, 0) is 31.8 Å². The molecule has 0 aromatic heterocycles. The average molecular weight is 269 g/mol. The summed E-state index contributed by atoms with van der Waals surface area (Å²) in [5, 5.41) is 5.07. The minimum atomic E-state index is -0.384. The van der Waals surface area contributed by atoms with Crippen LogP contribution in [0.25, 0.3) is 0 Å². The fourth-order valence-electron chi connectivity index (χ4n) is 2.18. The molecule has 3 amide bonds. The predicted molar refractivity (Wildman–Crippen MR) is 75.9 cm³/mol. The highest BCUT2D eigenvalue weighted by Crippen LogP contribution is 2.09. The zero-order valence-corrected chi connectivity index (χ0v) is 12.2. The fraction of sp³-hybridized carbons (Fsp3) is 0.857. The molecule has 0 saturated carbocycles. The Labute approximate surface area is 116 Å². The fourth-order valence-corrected chi connectivity index (χ4v) is 2.18. The summed E-state index contributed by atoms with van der Waals surface area (Å²) in [5.41, 5.74) is 0. The van der Waals surface area contributed by atoms with Crippen molar-refractivity contribution in [3.8, 4) is 0 Å². The molecule has 2 N–H and O–H groups in total. The Morgan fingerprint density at radius 1 is 1.05 bits per heavy atom. The second kappa shape index (κ2) is 8.91. The van der Waals surface area contributed by atoms with Gasteiger partial charge in [0.1, 0.15) is 0 Å². The highest BCUT2D eigenvalue weighted by molar-refractivity contribution is 5.95. The molecule has 1 aliphatic heterocycles. The number of carbonyl (C=O) groups is 2. The first-order valence-electron chi connectivity index (χ1n) is 7.38. The van der Waals surface area contributed by atoms with E-state index in [1.165, 1.54) is 19.3 Å². The Kier molecular flexibility index (Phi) is 7.48. The van der Waals surface area contributed by atoms with Crippen molar-refractivity contribution in [2.24, 2.45) is 5.92 Å². The van der Waals surface area contributed by atoms with E-state index in [0.29, 0.717) is 19.0 Å². The van der Waals surface area contributed by atoms with E-state index in [1.54, 1.807) is 0 Å². The van der Waals surface area contributed by atoms with Crippen molar-refractivity contribution in [1.82, 2.24) is 15.5 Å². The van der Waals surface area contributed by atoms with Crippen LogP contribution in [-0.2, 0) is 4.79 Å². The Hall–Kier alpha value is -1.10. The van der Waals surface area contributed by atoms with Crippen molar-refractivity contribution in [3.05, 3.63) is 0 Å². The molecule has 5 heteroatoms. The minimum Gasteiger partial charge on any atom is -0.338 e. The smallest absolute Gasteiger partial charge is 0.321 e. The molecule has 1 fully saturated rings. The van der Waals surface area contributed by atoms with Gasteiger partial charge < -0.3 is 5.32 Å². The number of rotatable bonds is 4. The quantitative estimate of drug-likeness (QED) is 0.817. The van der Waals surface area contributed by atoms with E-state index in [-0.39, 0.29) is 11.9 Å². The number of nitrogens with one attached hydrogen (secondary N) is 2. The third kappa shape index (κ3) is 7.82. The normalized spacial score (nSPS) is 17.6. The summed E-state index contributed by atoms with van der Waals surface area (Å²) < 4.78 is 0. The maximum absolute atomic E-state index is 11.8. The Morgan fingerprint density at radius 3 is 2.21 bits per heavy atom. The highest BCUT2D eigenvalue weighted by Gasteiger charge is 2.14. The molecule has 0 aromatic rings. The Balaban J connectivity index is 2.23. The summed E-state index contributed by atoms with van der Waals surface area (Å²) in [5.74, 6) is 0.178. The van der Waals surface area contributed by atoms with Crippen LogP contribution in [0.5, 0.6) is 0 Å². The number of urea groups is 1. The van der Waals surface area contributed by atoms with Crippen LogP contribution in [-0.4, -0.2) is 43.0 Å². The van der Waals surface area contributed by atoms with Gasteiger partial charge in [-0.25, -0.2) is 4.79 Å². The van der Waals surface area contributed by atoms with Crippen LogP contribution < -0.4 is 10.6 Å². The lowest BCUT2D eigenvalue weighted by Crippen LogP contribution is -2.45. The van der Waals surface area contributed by atoms with E-state index in [2.05, 4.69) is 15.5 Å². The number of imide groups is 1. The van der Waals surface area contributed by atoms with E-state index >= 15 is 0 Å². The van der Waals surface area contributed by atoms with Gasteiger partial charge >= 0.3 is 6.03 Å². The van der Waals surface area contributed by atoms with E-state index < -0.39 is 0 Å². The summed E-state index contributed by atoms with van der Waals surface area (Å²) in [4.78, 5) is 25.4. The predicted octanol–water partition coefficient (Wildman–Crippen LogP) is 1.73. The zero-order chi connectivity index (χ0) is 14.1. The van der Waals surface area contributed by atoms with Crippen LogP contribution in [0.4, 0.5) is 4.79 Å². The second-order valence-electron chi connectivity index (χ2n) is 5.70. The summed E-state index contributed by atoms with van der Waals surface area (Å²) in [6.07, 6.45) is 6.08. The number of hydrogen-bond donors (Lipinski definition) is 2. The molecule has 0 aromatic carbocycles. The zero-order valence-electron chi connectivity index (χ0n) is 12.2. The van der Waals surface area contributed by atoms with Crippen LogP contribution in [0.1, 0.15) is 46.0 Å². The molecular weight excluding hydrogens is 242 g/mol. The Morgan fingerprint density at radius 2 is 1.63 bits per heavy atom. The van der Waals surface area contributed by atoms with Crippen molar-refractivity contribution in [2.75, 3.05) is 26.2 Å². The third-order valence-corrected chi connectivity index (χ3v) is 3.24. The van der Waals surface area contributed by atoms with Gasteiger partial charge in [0.15, 0.2) is 0 Å². The van der Waals surface area contributed by atoms with Gasteiger partial charge in [-0.3, -0.25) is 15.0 Å². The summed E-state index contributed by atoms with van der Waals surface area (Å²) in [7, 11) is 0. The summed E-state index contributed by atoms with van der Waals surface area (Å²) in [6, 6.07) is -0.384. The van der Waals surface area contributed by atoms with E-state index in [1.807, 2.05) is 13.8 Å². The lowest BCUT2D eigenvalue weighted by atomic mass is 10.1. The lowest BCUT2D eigenvalue weighted by molar-refractivity contribution is -0.121. The van der Waals surface area contributed by atoms with Crippen LogP contribution in [0.2, 0.25) is 0 Å². The molecule has 110 valence electrons. The molecule has 0 unspecified atom stereocenters. The highest BCUT2D eigenvalue weighted by atomic mass is 16.2. The molecule has 1 rings (SSSR count). The second-order valence-corrected chi connectivity index (χ2v) is 5.70. The molecule has 5 nitrogen and oxygen atoms in total. The number of hydrogen-bond acceptors (Lipinski definition) is 3. The van der Waals surface area contributed by atoms with Crippen molar-refractivity contribution in [3.63, 3.8) is 0 Å².